The molecular weight excluding hydrogens is 278 g/mol. The zero-order valence-electron chi connectivity index (χ0n) is 11.4. The van der Waals surface area contributed by atoms with Gasteiger partial charge in [-0.3, -0.25) is 9.59 Å². The lowest BCUT2D eigenvalue weighted by Crippen LogP contribution is -2.39. The number of amides is 2. The molecule has 1 N–H and O–H groups in total. The molecule has 21 heavy (non-hydrogen) atoms. The summed E-state index contributed by atoms with van der Waals surface area (Å²) in [5.74, 6) is -0.315. The molecule has 0 spiro atoms. The number of aromatic nitrogens is 1. The number of carbonyl (C=O) groups excluding carboxylic acids is 2. The first-order valence-corrected chi connectivity index (χ1v) is 6.22. The number of nitrogens with zero attached hydrogens (tertiary/aromatic N) is 2. The highest BCUT2D eigenvalue weighted by molar-refractivity contribution is 5.97. The summed E-state index contributed by atoms with van der Waals surface area (Å²) in [6, 6.07) is 4.65. The zero-order valence-corrected chi connectivity index (χ0v) is 11.4. The third kappa shape index (κ3) is 4.18. The zero-order chi connectivity index (χ0) is 15.1. The van der Waals surface area contributed by atoms with Crippen molar-refractivity contribution in [2.45, 2.75) is 0 Å². The van der Waals surface area contributed by atoms with Crippen molar-refractivity contribution in [1.82, 2.24) is 10.1 Å². The topological polar surface area (TPSA) is 97.8 Å². The van der Waals surface area contributed by atoms with Crippen LogP contribution in [0.1, 0.15) is 10.6 Å². The summed E-state index contributed by atoms with van der Waals surface area (Å²) in [6.45, 7) is 0.432. The summed E-state index contributed by atoms with van der Waals surface area (Å²) >= 11 is 0. The molecular formula is C13H15N3O5. The molecule has 2 rings (SSSR count). The molecule has 8 nitrogen and oxygen atoms in total. The van der Waals surface area contributed by atoms with Crippen LogP contribution >= 0.6 is 0 Å². The van der Waals surface area contributed by atoms with E-state index in [0.29, 0.717) is 6.61 Å². The molecule has 0 bridgehead atoms. The van der Waals surface area contributed by atoms with Crippen molar-refractivity contribution >= 4 is 17.6 Å². The minimum absolute atomic E-state index is 0.143. The molecule has 0 aromatic carbocycles. The van der Waals surface area contributed by atoms with Crippen LogP contribution in [0.5, 0.6) is 0 Å². The number of furan rings is 1. The quantitative estimate of drug-likeness (QED) is 0.817. The van der Waals surface area contributed by atoms with Gasteiger partial charge < -0.3 is 23.9 Å². The minimum Gasteiger partial charge on any atom is -0.459 e. The molecule has 8 heteroatoms. The Balaban J connectivity index is 1.98. The van der Waals surface area contributed by atoms with E-state index in [0.717, 1.165) is 0 Å². The number of methoxy groups -OCH3 is 1. The lowest BCUT2D eigenvalue weighted by Gasteiger charge is -2.20. The van der Waals surface area contributed by atoms with E-state index in [2.05, 4.69) is 15.0 Å². The Hall–Kier alpha value is -2.61. The van der Waals surface area contributed by atoms with Crippen LogP contribution in [0.15, 0.2) is 39.7 Å². The molecule has 0 aliphatic carbocycles. The highest BCUT2D eigenvalue weighted by Crippen LogP contribution is 2.07. The van der Waals surface area contributed by atoms with Gasteiger partial charge in [0.15, 0.2) is 11.6 Å². The monoisotopic (exact) mass is 293 g/mol. The second kappa shape index (κ2) is 7.25. The van der Waals surface area contributed by atoms with Crippen molar-refractivity contribution in [2.24, 2.45) is 0 Å². The molecule has 2 amide bonds. The smallest absolute Gasteiger partial charge is 0.290 e. The Labute approximate surface area is 120 Å². The Morgan fingerprint density at radius 3 is 2.86 bits per heavy atom. The van der Waals surface area contributed by atoms with E-state index in [-0.39, 0.29) is 36.5 Å². The summed E-state index contributed by atoms with van der Waals surface area (Å²) in [7, 11) is 1.52. The molecule has 2 heterocycles. The van der Waals surface area contributed by atoms with Crippen LogP contribution in [0, 0.1) is 0 Å². The van der Waals surface area contributed by atoms with Crippen LogP contribution in [-0.4, -0.2) is 48.7 Å². The van der Waals surface area contributed by atoms with Crippen molar-refractivity contribution in [2.75, 3.05) is 32.1 Å². The maximum Gasteiger partial charge on any atom is 0.290 e. The van der Waals surface area contributed by atoms with E-state index < -0.39 is 0 Å². The van der Waals surface area contributed by atoms with Crippen molar-refractivity contribution in [3.8, 4) is 0 Å². The van der Waals surface area contributed by atoms with Gasteiger partial charge in [0.2, 0.25) is 5.91 Å². The van der Waals surface area contributed by atoms with Gasteiger partial charge >= 0.3 is 0 Å². The molecule has 0 fully saturated rings. The minimum atomic E-state index is -0.389. The third-order valence-electron chi connectivity index (χ3n) is 2.62. The third-order valence-corrected chi connectivity index (χ3v) is 2.62. The lowest BCUT2D eigenvalue weighted by atomic mass is 10.3. The average molecular weight is 293 g/mol. The molecule has 0 unspecified atom stereocenters. The van der Waals surface area contributed by atoms with Gasteiger partial charge in [-0.1, -0.05) is 5.16 Å². The Kier molecular flexibility index (Phi) is 5.10. The standard InChI is InChI=1S/C13H15N3O5/c1-19-8-5-16(13(18)10-3-2-6-20-10)9-12(17)14-11-4-7-21-15-11/h2-4,6-7H,5,8-9H2,1H3,(H,14,15,17). The van der Waals surface area contributed by atoms with Gasteiger partial charge in [-0.25, -0.2) is 0 Å². The molecule has 0 saturated carbocycles. The number of nitrogens with one attached hydrogen (secondary N) is 1. The van der Waals surface area contributed by atoms with Crippen molar-refractivity contribution < 1.29 is 23.3 Å². The van der Waals surface area contributed by atoms with Crippen LogP contribution in [0.4, 0.5) is 5.82 Å². The van der Waals surface area contributed by atoms with E-state index in [1.165, 1.54) is 36.7 Å². The Morgan fingerprint density at radius 2 is 2.24 bits per heavy atom. The molecule has 0 aliphatic heterocycles. The van der Waals surface area contributed by atoms with Gasteiger partial charge in [0, 0.05) is 19.7 Å². The first-order valence-electron chi connectivity index (χ1n) is 6.22. The van der Waals surface area contributed by atoms with E-state index >= 15 is 0 Å². The van der Waals surface area contributed by atoms with Crippen LogP contribution in [0.2, 0.25) is 0 Å². The normalized spacial score (nSPS) is 10.3. The summed E-state index contributed by atoms with van der Waals surface area (Å²) < 4.78 is 14.6. The first kappa shape index (κ1) is 14.8. The fourth-order valence-corrected chi connectivity index (χ4v) is 1.64. The van der Waals surface area contributed by atoms with E-state index in [4.69, 9.17) is 9.15 Å². The van der Waals surface area contributed by atoms with Crippen molar-refractivity contribution in [1.29, 1.82) is 0 Å². The molecule has 0 aliphatic rings. The molecule has 0 saturated heterocycles. The van der Waals surface area contributed by atoms with E-state index in [1.807, 2.05) is 0 Å². The molecule has 112 valence electrons. The van der Waals surface area contributed by atoms with Gasteiger partial charge in [-0.15, -0.1) is 0 Å². The number of anilines is 1. The van der Waals surface area contributed by atoms with Crippen LogP contribution in [0.25, 0.3) is 0 Å². The fourth-order valence-electron chi connectivity index (χ4n) is 1.64. The van der Waals surface area contributed by atoms with Crippen LogP contribution < -0.4 is 5.32 Å². The van der Waals surface area contributed by atoms with Crippen molar-refractivity contribution in [3.05, 3.63) is 36.5 Å². The van der Waals surface area contributed by atoms with Gasteiger partial charge in [-0.2, -0.15) is 0 Å². The number of carbonyl (C=O) groups is 2. The van der Waals surface area contributed by atoms with E-state index in [9.17, 15) is 9.59 Å². The van der Waals surface area contributed by atoms with Crippen LogP contribution in [-0.2, 0) is 9.53 Å². The summed E-state index contributed by atoms with van der Waals surface area (Å²) in [5, 5.41) is 6.09. The predicted molar refractivity (Wildman–Crippen MR) is 71.6 cm³/mol. The SMILES string of the molecule is COCCN(CC(=O)Nc1ccon1)C(=O)c1ccco1. The largest absolute Gasteiger partial charge is 0.459 e. The fraction of sp³-hybridized carbons (Fsp3) is 0.308. The van der Waals surface area contributed by atoms with Crippen LogP contribution in [0.3, 0.4) is 0 Å². The van der Waals surface area contributed by atoms with Gasteiger partial charge in [0.25, 0.3) is 5.91 Å². The lowest BCUT2D eigenvalue weighted by molar-refractivity contribution is -0.117. The Bertz CT molecular complexity index is 565. The van der Waals surface area contributed by atoms with E-state index in [1.54, 1.807) is 6.07 Å². The molecule has 2 aromatic rings. The maximum atomic E-state index is 12.2. The first-order chi connectivity index (χ1) is 10.2. The average Bonchev–Trinajstić information content (AvgIpc) is 3.15. The number of hydrogen-bond acceptors (Lipinski definition) is 6. The second-order valence-corrected chi connectivity index (χ2v) is 4.13. The predicted octanol–water partition coefficient (Wildman–Crippen LogP) is 0.995. The highest BCUT2D eigenvalue weighted by atomic mass is 16.5. The van der Waals surface area contributed by atoms with Gasteiger partial charge in [-0.05, 0) is 12.1 Å². The molecule has 2 aromatic heterocycles. The van der Waals surface area contributed by atoms with Gasteiger partial charge in [0.05, 0.1) is 12.9 Å². The number of rotatable bonds is 7. The molecule has 0 atom stereocenters. The summed E-state index contributed by atoms with van der Waals surface area (Å²) in [6.07, 6.45) is 2.74. The summed E-state index contributed by atoms with van der Waals surface area (Å²) in [4.78, 5) is 25.4. The van der Waals surface area contributed by atoms with Crippen molar-refractivity contribution in [3.63, 3.8) is 0 Å². The molecule has 0 radical (unpaired) electrons. The number of hydrogen-bond donors (Lipinski definition) is 1. The summed E-state index contributed by atoms with van der Waals surface area (Å²) in [5.41, 5.74) is 0. The van der Waals surface area contributed by atoms with Gasteiger partial charge in [0.1, 0.15) is 12.8 Å². The number of ether oxygens (including phenoxy) is 1. The highest BCUT2D eigenvalue weighted by Gasteiger charge is 2.21. The second-order valence-electron chi connectivity index (χ2n) is 4.13. The Morgan fingerprint density at radius 1 is 1.38 bits per heavy atom. The maximum absolute atomic E-state index is 12.2.